The molecule has 0 aliphatic carbocycles. The zero-order valence-corrected chi connectivity index (χ0v) is 13.7. The molecule has 0 saturated carbocycles. The summed E-state index contributed by atoms with van der Waals surface area (Å²) in [5.41, 5.74) is 0. The van der Waals surface area contributed by atoms with Crippen molar-refractivity contribution in [3.8, 4) is 0 Å². The van der Waals surface area contributed by atoms with Gasteiger partial charge in [0.15, 0.2) is 5.76 Å². The van der Waals surface area contributed by atoms with Crippen LogP contribution in [0, 0.1) is 5.92 Å². The molecule has 1 aromatic heterocycles. The highest BCUT2D eigenvalue weighted by molar-refractivity contribution is 7.88. The van der Waals surface area contributed by atoms with E-state index >= 15 is 0 Å². The van der Waals surface area contributed by atoms with Gasteiger partial charge in [-0.25, -0.2) is 12.7 Å². The third-order valence-corrected chi connectivity index (χ3v) is 5.55. The summed E-state index contributed by atoms with van der Waals surface area (Å²) in [7, 11) is -0.797. The molecule has 0 spiro atoms. The van der Waals surface area contributed by atoms with Gasteiger partial charge in [0.2, 0.25) is 5.09 Å². The Hall–Kier alpha value is -1.34. The van der Waals surface area contributed by atoms with E-state index in [2.05, 4.69) is 13.8 Å². The highest BCUT2D eigenvalue weighted by Gasteiger charge is 2.33. The van der Waals surface area contributed by atoms with Crippen LogP contribution in [0.1, 0.15) is 37.2 Å². The van der Waals surface area contributed by atoms with Crippen molar-refractivity contribution in [3.05, 3.63) is 17.9 Å². The minimum atomic E-state index is -3.65. The van der Waals surface area contributed by atoms with Crippen LogP contribution in [-0.2, 0) is 10.0 Å². The van der Waals surface area contributed by atoms with E-state index in [9.17, 15) is 13.2 Å². The molecule has 1 aliphatic heterocycles. The highest BCUT2D eigenvalue weighted by Crippen LogP contribution is 2.27. The molecule has 7 heteroatoms. The van der Waals surface area contributed by atoms with Gasteiger partial charge in [0.25, 0.3) is 15.9 Å². The lowest BCUT2D eigenvalue weighted by Crippen LogP contribution is -2.38. The molecule has 21 heavy (non-hydrogen) atoms. The van der Waals surface area contributed by atoms with E-state index in [0.29, 0.717) is 12.5 Å². The lowest BCUT2D eigenvalue weighted by atomic mass is 10.0. The first-order valence-electron chi connectivity index (χ1n) is 7.08. The van der Waals surface area contributed by atoms with Gasteiger partial charge in [0.1, 0.15) is 0 Å². The van der Waals surface area contributed by atoms with Crippen LogP contribution in [-0.4, -0.2) is 50.2 Å². The molecule has 0 N–H and O–H groups in total. The number of rotatable bonds is 4. The van der Waals surface area contributed by atoms with Crippen LogP contribution in [0.5, 0.6) is 0 Å². The van der Waals surface area contributed by atoms with Gasteiger partial charge in [-0.2, -0.15) is 0 Å². The van der Waals surface area contributed by atoms with Gasteiger partial charge in [-0.15, -0.1) is 0 Å². The molecule has 2 rings (SSSR count). The Labute approximate surface area is 125 Å². The number of hydrogen-bond donors (Lipinski definition) is 0. The van der Waals surface area contributed by atoms with Crippen molar-refractivity contribution in [3.63, 3.8) is 0 Å². The largest absolute Gasteiger partial charge is 0.438 e. The first kappa shape index (κ1) is 16.0. The molecule has 1 unspecified atom stereocenters. The van der Waals surface area contributed by atoms with E-state index in [1.54, 1.807) is 4.90 Å². The SMILES string of the molecule is CC(C)C1CCCN1C(=O)c1ccc(S(=O)(=O)N(C)C)o1. The second-order valence-electron chi connectivity index (χ2n) is 5.86. The van der Waals surface area contributed by atoms with E-state index in [1.807, 2.05) is 0 Å². The Morgan fingerprint density at radius 2 is 2.05 bits per heavy atom. The van der Waals surface area contributed by atoms with Crippen molar-refractivity contribution >= 4 is 15.9 Å². The van der Waals surface area contributed by atoms with Crippen LogP contribution < -0.4 is 0 Å². The average Bonchev–Trinajstić information content (AvgIpc) is 3.07. The molecule has 1 aromatic rings. The maximum Gasteiger partial charge on any atom is 0.289 e. The number of sulfonamides is 1. The highest BCUT2D eigenvalue weighted by atomic mass is 32.2. The van der Waals surface area contributed by atoms with Crippen molar-refractivity contribution in [1.82, 2.24) is 9.21 Å². The summed E-state index contributed by atoms with van der Waals surface area (Å²) in [5.74, 6) is 0.228. The van der Waals surface area contributed by atoms with Gasteiger partial charge in [-0.3, -0.25) is 4.79 Å². The molecule has 0 aromatic carbocycles. The second kappa shape index (κ2) is 5.81. The molecule has 0 bridgehead atoms. The predicted octanol–water partition coefficient (Wildman–Crippen LogP) is 1.79. The third kappa shape index (κ3) is 2.98. The Morgan fingerprint density at radius 1 is 1.38 bits per heavy atom. The number of hydrogen-bond acceptors (Lipinski definition) is 4. The molecule has 6 nitrogen and oxygen atoms in total. The molecule has 2 heterocycles. The zero-order chi connectivity index (χ0) is 15.8. The third-order valence-electron chi connectivity index (χ3n) is 3.86. The van der Waals surface area contributed by atoms with Gasteiger partial charge in [-0.05, 0) is 30.9 Å². The number of carbonyl (C=O) groups is 1. The molecule has 1 atom stereocenters. The summed E-state index contributed by atoms with van der Waals surface area (Å²) >= 11 is 0. The van der Waals surface area contributed by atoms with Crippen LogP contribution in [0.15, 0.2) is 21.6 Å². The van der Waals surface area contributed by atoms with Gasteiger partial charge in [0, 0.05) is 26.7 Å². The van der Waals surface area contributed by atoms with Gasteiger partial charge in [-0.1, -0.05) is 13.8 Å². The lowest BCUT2D eigenvalue weighted by molar-refractivity contribution is 0.0663. The topological polar surface area (TPSA) is 70.8 Å². The molecule has 118 valence electrons. The Balaban J connectivity index is 2.24. The summed E-state index contributed by atoms with van der Waals surface area (Å²) in [6.07, 6.45) is 1.95. The van der Waals surface area contributed by atoms with E-state index in [0.717, 1.165) is 17.1 Å². The summed E-state index contributed by atoms with van der Waals surface area (Å²) in [6.45, 7) is 4.86. The number of furan rings is 1. The molecule has 1 aliphatic rings. The minimum absolute atomic E-state index is 0.0861. The maximum absolute atomic E-state index is 12.5. The molecule has 1 fully saturated rings. The van der Waals surface area contributed by atoms with Crippen LogP contribution in [0.2, 0.25) is 0 Å². The van der Waals surface area contributed by atoms with Gasteiger partial charge >= 0.3 is 0 Å². The summed E-state index contributed by atoms with van der Waals surface area (Å²) < 4.78 is 30.3. The van der Waals surface area contributed by atoms with Crippen LogP contribution in [0.3, 0.4) is 0 Å². The summed E-state index contributed by atoms with van der Waals surface area (Å²) in [5, 5.41) is -0.198. The monoisotopic (exact) mass is 314 g/mol. The van der Waals surface area contributed by atoms with Crippen LogP contribution in [0.4, 0.5) is 0 Å². The lowest BCUT2D eigenvalue weighted by Gasteiger charge is -2.26. The van der Waals surface area contributed by atoms with Gasteiger partial charge < -0.3 is 9.32 Å². The van der Waals surface area contributed by atoms with Gasteiger partial charge in [0.05, 0.1) is 0 Å². The fourth-order valence-corrected chi connectivity index (χ4v) is 3.43. The van der Waals surface area contributed by atoms with Crippen molar-refractivity contribution < 1.29 is 17.6 Å². The Kier molecular flexibility index (Phi) is 4.43. The number of carbonyl (C=O) groups excluding carboxylic acids is 1. The van der Waals surface area contributed by atoms with Crippen molar-refractivity contribution in [1.29, 1.82) is 0 Å². The van der Waals surface area contributed by atoms with E-state index in [-0.39, 0.29) is 22.8 Å². The molecule has 1 saturated heterocycles. The molecular weight excluding hydrogens is 292 g/mol. The van der Waals surface area contributed by atoms with E-state index < -0.39 is 10.0 Å². The molecular formula is C14H22N2O4S. The average molecular weight is 314 g/mol. The first-order valence-corrected chi connectivity index (χ1v) is 8.52. The summed E-state index contributed by atoms with van der Waals surface area (Å²) in [6, 6.07) is 2.97. The van der Waals surface area contributed by atoms with Crippen molar-refractivity contribution in [2.75, 3.05) is 20.6 Å². The summed E-state index contributed by atoms with van der Waals surface area (Å²) in [4.78, 5) is 14.3. The maximum atomic E-state index is 12.5. The first-order chi connectivity index (χ1) is 9.75. The number of nitrogens with zero attached hydrogens (tertiary/aromatic N) is 2. The Morgan fingerprint density at radius 3 is 2.62 bits per heavy atom. The standard InChI is InChI=1S/C14H22N2O4S/c1-10(2)11-6-5-9-16(11)14(17)12-7-8-13(20-12)21(18,19)15(3)4/h7-8,10-11H,5-6,9H2,1-4H3. The smallest absolute Gasteiger partial charge is 0.289 e. The van der Waals surface area contributed by atoms with Crippen LogP contribution >= 0.6 is 0 Å². The number of likely N-dealkylation sites (tertiary alicyclic amines) is 1. The van der Waals surface area contributed by atoms with Crippen molar-refractivity contribution in [2.24, 2.45) is 5.92 Å². The second-order valence-corrected chi connectivity index (χ2v) is 7.94. The van der Waals surface area contributed by atoms with Crippen LogP contribution in [0.25, 0.3) is 0 Å². The van der Waals surface area contributed by atoms with E-state index in [4.69, 9.17) is 4.42 Å². The van der Waals surface area contributed by atoms with E-state index in [1.165, 1.54) is 26.2 Å². The quantitative estimate of drug-likeness (QED) is 0.849. The number of amides is 1. The zero-order valence-electron chi connectivity index (χ0n) is 12.9. The predicted molar refractivity (Wildman–Crippen MR) is 78.5 cm³/mol. The fraction of sp³-hybridized carbons (Fsp3) is 0.643. The minimum Gasteiger partial charge on any atom is -0.438 e. The Bertz CT molecular complexity index is 619. The normalized spacial score (nSPS) is 19.7. The molecule has 0 radical (unpaired) electrons. The molecule has 1 amide bonds. The van der Waals surface area contributed by atoms with Crippen molar-refractivity contribution in [2.45, 2.75) is 37.8 Å². The fourth-order valence-electron chi connectivity index (χ4n) is 2.63.